The summed E-state index contributed by atoms with van der Waals surface area (Å²) in [7, 11) is 0. The molecule has 1 atom stereocenters. The average Bonchev–Trinajstić information content (AvgIpc) is 2.61. The van der Waals surface area contributed by atoms with Gasteiger partial charge in [0.25, 0.3) is 0 Å². The number of aliphatic hydroxyl groups is 1. The van der Waals surface area contributed by atoms with Crippen molar-refractivity contribution >= 4 is 52.5 Å². The topological polar surface area (TPSA) is 57.1 Å². The van der Waals surface area contributed by atoms with Crippen molar-refractivity contribution in [3.05, 3.63) is 27.8 Å². The Labute approximate surface area is 181 Å². The van der Waals surface area contributed by atoms with Gasteiger partial charge in [-0.1, -0.05) is 19.1 Å². The molecule has 2 rings (SSSR count). The molecule has 0 bridgehead atoms. The van der Waals surface area contributed by atoms with Gasteiger partial charge in [0, 0.05) is 45.6 Å². The molecule has 1 fully saturated rings. The van der Waals surface area contributed by atoms with Gasteiger partial charge in [-0.25, -0.2) is 0 Å². The summed E-state index contributed by atoms with van der Waals surface area (Å²) in [6.07, 6.45) is 2.24. The van der Waals surface area contributed by atoms with Crippen LogP contribution >= 0.6 is 46.6 Å². The van der Waals surface area contributed by atoms with Crippen LogP contribution < -0.4 is 10.1 Å². The van der Waals surface area contributed by atoms with Gasteiger partial charge < -0.3 is 20.1 Å². The second-order valence-electron chi connectivity index (χ2n) is 6.22. The molecule has 1 aromatic carbocycles. The summed E-state index contributed by atoms with van der Waals surface area (Å²) < 4.78 is 7.32. The van der Waals surface area contributed by atoms with Crippen LogP contribution in [-0.4, -0.2) is 54.9 Å². The number of benzene rings is 1. The lowest BCUT2D eigenvalue weighted by atomic mass is 10.1. The van der Waals surface area contributed by atoms with Crippen molar-refractivity contribution in [3.63, 3.8) is 0 Å². The second kappa shape index (κ2) is 12.2. The molecule has 1 saturated heterocycles. The number of likely N-dealkylation sites (tertiary alicyclic amines) is 1. The van der Waals surface area contributed by atoms with Crippen molar-refractivity contribution in [1.82, 2.24) is 10.2 Å². The zero-order chi connectivity index (χ0) is 17.4. The van der Waals surface area contributed by atoms with Crippen LogP contribution in [0.15, 0.2) is 29.3 Å². The fourth-order valence-electron chi connectivity index (χ4n) is 2.63. The van der Waals surface area contributed by atoms with Gasteiger partial charge in [0.05, 0.1) is 3.57 Å². The Morgan fingerprint density at radius 3 is 2.68 bits per heavy atom. The van der Waals surface area contributed by atoms with E-state index in [1.807, 2.05) is 25.1 Å². The Morgan fingerprint density at radius 2 is 2.08 bits per heavy atom. The number of aliphatic hydroxyl groups excluding tert-OH is 1. The molecule has 2 N–H and O–H groups in total. The van der Waals surface area contributed by atoms with Gasteiger partial charge in [0.15, 0.2) is 5.96 Å². The molecule has 5 nitrogen and oxygen atoms in total. The minimum Gasteiger partial charge on any atom is -0.489 e. The van der Waals surface area contributed by atoms with Gasteiger partial charge in [-0.05, 0) is 47.6 Å². The maximum atomic E-state index is 9.16. The number of hydrogen-bond donors (Lipinski definition) is 2. The van der Waals surface area contributed by atoms with E-state index in [9.17, 15) is 0 Å². The highest BCUT2D eigenvalue weighted by Gasteiger charge is 2.23. The summed E-state index contributed by atoms with van der Waals surface area (Å²) in [5.74, 6) is 2.12. The number of ether oxygens (including phenoxy) is 1. The van der Waals surface area contributed by atoms with Gasteiger partial charge in [-0.3, -0.25) is 4.99 Å². The van der Waals surface area contributed by atoms with Gasteiger partial charge in [0.2, 0.25) is 0 Å². The third-order valence-electron chi connectivity index (χ3n) is 4.07. The van der Waals surface area contributed by atoms with Crippen LogP contribution in [0.25, 0.3) is 0 Å². The first-order valence-corrected chi connectivity index (χ1v) is 9.77. The number of hydrogen-bond acceptors (Lipinski definition) is 3. The standard InChI is InChI=1S/C18H28IN3O2.HI/c1-3-20-18(21-12-14(2)13-23)22-10-8-15(9-11-22)24-17-7-5-4-6-16(17)19;/h4-7,14-15,23H,3,8-13H2,1-2H3,(H,20,21);1H. The van der Waals surface area contributed by atoms with Crippen LogP contribution in [-0.2, 0) is 0 Å². The fourth-order valence-corrected chi connectivity index (χ4v) is 3.15. The van der Waals surface area contributed by atoms with E-state index in [1.165, 1.54) is 0 Å². The monoisotopic (exact) mass is 573 g/mol. The predicted molar refractivity (Wildman–Crippen MR) is 122 cm³/mol. The third kappa shape index (κ3) is 7.46. The molecule has 0 radical (unpaired) electrons. The lowest BCUT2D eigenvalue weighted by Gasteiger charge is -2.34. The minimum absolute atomic E-state index is 0. The fraction of sp³-hybridized carbons (Fsp3) is 0.611. The molecule has 7 heteroatoms. The first-order chi connectivity index (χ1) is 11.6. The van der Waals surface area contributed by atoms with Gasteiger partial charge >= 0.3 is 0 Å². The van der Waals surface area contributed by atoms with E-state index in [1.54, 1.807) is 0 Å². The zero-order valence-corrected chi connectivity index (χ0v) is 19.4. The summed E-state index contributed by atoms with van der Waals surface area (Å²) in [5.41, 5.74) is 0. The Balaban J connectivity index is 0.00000312. The molecular weight excluding hydrogens is 544 g/mol. The largest absolute Gasteiger partial charge is 0.489 e. The molecule has 0 aliphatic carbocycles. The molecule has 1 aliphatic heterocycles. The van der Waals surface area contributed by atoms with E-state index in [0.29, 0.717) is 6.54 Å². The first-order valence-electron chi connectivity index (χ1n) is 8.69. The van der Waals surface area contributed by atoms with Crippen molar-refractivity contribution in [2.75, 3.05) is 32.8 Å². The molecule has 1 aromatic rings. The highest BCUT2D eigenvalue weighted by molar-refractivity contribution is 14.1. The van der Waals surface area contributed by atoms with Crippen LogP contribution in [0.3, 0.4) is 0 Å². The van der Waals surface area contributed by atoms with Gasteiger partial charge in [0.1, 0.15) is 11.9 Å². The predicted octanol–water partition coefficient (Wildman–Crippen LogP) is 3.35. The summed E-state index contributed by atoms with van der Waals surface area (Å²) >= 11 is 2.32. The Hall–Kier alpha value is -0.290. The number of piperidine rings is 1. The van der Waals surface area contributed by atoms with Crippen LogP contribution in [0.2, 0.25) is 0 Å². The molecule has 1 unspecified atom stereocenters. The smallest absolute Gasteiger partial charge is 0.193 e. The second-order valence-corrected chi connectivity index (χ2v) is 7.38. The third-order valence-corrected chi connectivity index (χ3v) is 4.96. The number of halogens is 2. The SMILES string of the molecule is CCNC(=NCC(C)CO)N1CCC(Oc2ccccc2I)CC1.I. The first kappa shape index (κ1) is 22.8. The van der Waals surface area contributed by atoms with E-state index in [0.717, 1.165) is 47.8 Å². The van der Waals surface area contributed by atoms with Crippen molar-refractivity contribution in [2.45, 2.75) is 32.8 Å². The number of para-hydroxylation sites is 1. The van der Waals surface area contributed by atoms with E-state index in [-0.39, 0.29) is 42.6 Å². The van der Waals surface area contributed by atoms with Gasteiger partial charge in [-0.15, -0.1) is 24.0 Å². The minimum atomic E-state index is 0. The number of nitrogens with one attached hydrogen (secondary N) is 1. The Kier molecular flexibility index (Phi) is 11.1. The average molecular weight is 573 g/mol. The van der Waals surface area contributed by atoms with Gasteiger partial charge in [-0.2, -0.15) is 0 Å². The quantitative estimate of drug-likeness (QED) is 0.312. The molecule has 0 aromatic heterocycles. The lowest BCUT2D eigenvalue weighted by molar-refractivity contribution is 0.128. The summed E-state index contributed by atoms with van der Waals surface area (Å²) in [6.45, 7) is 7.64. The number of nitrogens with zero attached hydrogens (tertiary/aromatic N) is 2. The molecule has 0 amide bonds. The number of guanidine groups is 1. The van der Waals surface area contributed by atoms with E-state index < -0.39 is 0 Å². The summed E-state index contributed by atoms with van der Waals surface area (Å²) in [4.78, 5) is 6.96. The molecule has 1 heterocycles. The van der Waals surface area contributed by atoms with E-state index >= 15 is 0 Å². The molecule has 142 valence electrons. The number of aliphatic imine (C=N–C) groups is 1. The highest BCUT2D eigenvalue weighted by Crippen LogP contribution is 2.24. The van der Waals surface area contributed by atoms with Crippen LogP contribution in [0, 0.1) is 9.49 Å². The molecule has 1 aliphatic rings. The zero-order valence-electron chi connectivity index (χ0n) is 14.9. The molecule has 0 saturated carbocycles. The van der Waals surface area contributed by atoms with E-state index in [4.69, 9.17) is 9.84 Å². The Morgan fingerprint density at radius 1 is 1.40 bits per heavy atom. The lowest BCUT2D eigenvalue weighted by Crippen LogP contribution is -2.47. The molecule has 0 spiro atoms. The normalized spacial score (nSPS) is 17.0. The highest BCUT2D eigenvalue weighted by atomic mass is 127. The van der Waals surface area contributed by atoms with E-state index in [2.05, 4.69) is 50.8 Å². The van der Waals surface area contributed by atoms with Crippen molar-refractivity contribution in [3.8, 4) is 5.75 Å². The summed E-state index contributed by atoms with van der Waals surface area (Å²) in [6, 6.07) is 8.16. The maximum Gasteiger partial charge on any atom is 0.193 e. The van der Waals surface area contributed by atoms with Crippen LogP contribution in [0.1, 0.15) is 26.7 Å². The number of rotatable bonds is 6. The van der Waals surface area contributed by atoms with Crippen LogP contribution in [0.4, 0.5) is 0 Å². The maximum absolute atomic E-state index is 9.16. The Bertz CT molecular complexity index is 535. The molecule has 25 heavy (non-hydrogen) atoms. The summed E-state index contributed by atoms with van der Waals surface area (Å²) in [5, 5.41) is 12.5. The van der Waals surface area contributed by atoms with Crippen LogP contribution in [0.5, 0.6) is 5.75 Å². The van der Waals surface area contributed by atoms with Crippen molar-refractivity contribution in [1.29, 1.82) is 0 Å². The van der Waals surface area contributed by atoms with Crippen molar-refractivity contribution < 1.29 is 9.84 Å². The molecular formula is C18H29I2N3O2. The van der Waals surface area contributed by atoms with Crippen molar-refractivity contribution in [2.24, 2.45) is 10.9 Å².